The molecule has 0 unspecified atom stereocenters. The Kier molecular flexibility index (Phi) is 6.46. The smallest absolute Gasteiger partial charge is 0.313 e. The van der Waals surface area contributed by atoms with Crippen molar-refractivity contribution in [2.75, 3.05) is 7.11 Å². The molecule has 19 heavy (non-hydrogen) atoms. The lowest BCUT2D eigenvalue weighted by Gasteiger charge is -2.15. The van der Waals surface area contributed by atoms with E-state index < -0.39 is 5.97 Å². The molecule has 0 radical (unpaired) electrons. The van der Waals surface area contributed by atoms with E-state index in [0.29, 0.717) is 19.3 Å². The lowest BCUT2D eigenvalue weighted by Crippen LogP contribution is -2.19. The normalized spacial score (nSPS) is 22.9. The Morgan fingerprint density at radius 2 is 2.11 bits per heavy atom. The Morgan fingerprint density at radius 3 is 2.74 bits per heavy atom. The molecule has 1 aliphatic rings. The molecule has 0 heterocycles. The van der Waals surface area contributed by atoms with Crippen LogP contribution >= 0.6 is 0 Å². The Bertz CT molecular complexity index is 370. The summed E-state index contributed by atoms with van der Waals surface area (Å²) in [5.41, 5.74) is 0. The summed E-state index contributed by atoms with van der Waals surface area (Å²) in [5.74, 6) is -0.347. The molecule has 1 aliphatic carbocycles. The van der Waals surface area contributed by atoms with Crippen LogP contribution in [-0.2, 0) is 19.1 Å². The van der Waals surface area contributed by atoms with Gasteiger partial charge in [-0.3, -0.25) is 14.4 Å². The molecule has 1 saturated carbocycles. The zero-order valence-corrected chi connectivity index (χ0v) is 11.7. The molecule has 0 aromatic rings. The van der Waals surface area contributed by atoms with Crippen LogP contribution in [0.2, 0.25) is 0 Å². The first-order valence-corrected chi connectivity index (χ1v) is 6.84. The van der Waals surface area contributed by atoms with E-state index >= 15 is 0 Å². The molecule has 0 amide bonds. The quantitative estimate of drug-likeness (QED) is 0.403. The van der Waals surface area contributed by atoms with Crippen molar-refractivity contribution in [3.05, 3.63) is 12.2 Å². The number of rotatable bonds is 7. The Labute approximate surface area is 114 Å². The molecule has 0 aromatic carbocycles. The molecule has 106 valence electrons. The van der Waals surface area contributed by atoms with E-state index in [2.05, 4.69) is 4.74 Å². The molecule has 2 atom stereocenters. The van der Waals surface area contributed by atoms with Crippen LogP contribution < -0.4 is 0 Å². The number of Topliss-reactive ketones (excluding diaryl/α,β-unsaturated/α-hetero) is 2. The first kappa shape index (κ1) is 15.6. The predicted octanol–water partition coefficient (Wildman–Crippen LogP) is 2.46. The molecule has 4 heteroatoms. The summed E-state index contributed by atoms with van der Waals surface area (Å²) in [6.07, 6.45) is 7.17. The Balaban J connectivity index is 2.51. The maximum atomic E-state index is 11.8. The number of ether oxygens (including phenoxy) is 1. The molecule has 0 aliphatic heterocycles. The summed E-state index contributed by atoms with van der Waals surface area (Å²) in [5, 5.41) is 0. The van der Waals surface area contributed by atoms with Crippen LogP contribution in [0.3, 0.4) is 0 Å². The maximum Gasteiger partial charge on any atom is 0.313 e. The predicted molar refractivity (Wildman–Crippen MR) is 71.5 cm³/mol. The largest absolute Gasteiger partial charge is 0.469 e. The summed E-state index contributed by atoms with van der Waals surface area (Å²) in [7, 11) is 1.27. The van der Waals surface area contributed by atoms with Crippen molar-refractivity contribution in [3.63, 3.8) is 0 Å². The standard InChI is InChI=1S/C15H22O4/c1-3-4-5-6-13-11(7-8-14(13)17)9-12(16)10-15(18)19-2/h4-5,11,13H,3,6-10H2,1-2H3/b5-4-/t11-,13-/m1/s1. The van der Waals surface area contributed by atoms with Gasteiger partial charge >= 0.3 is 5.97 Å². The van der Waals surface area contributed by atoms with Crippen molar-refractivity contribution in [1.82, 2.24) is 0 Å². The van der Waals surface area contributed by atoms with Gasteiger partial charge in [0, 0.05) is 18.8 Å². The van der Waals surface area contributed by atoms with Crippen molar-refractivity contribution >= 4 is 17.5 Å². The zero-order valence-electron chi connectivity index (χ0n) is 11.7. The van der Waals surface area contributed by atoms with Gasteiger partial charge in [-0.05, 0) is 25.2 Å². The van der Waals surface area contributed by atoms with E-state index in [-0.39, 0.29) is 29.8 Å². The van der Waals surface area contributed by atoms with Gasteiger partial charge in [-0.15, -0.1) is 0 Å². The van der Waals surface area contributed by atoms with Crippen LogP contribution in [0.5, 0.6) is 0 Å². The van der Waals surface area contributed by atoms with Crippen LogP contribution in [0, 0.1) is 11.8 Å². The second-order valence-electron chi connectivity index (χ2n) is 4.98. The average molecular weight is 266 g/mol. The molecular formula is C15H22O4. The highest BCUT2D eigenvalue weighted by atomic mass is 16.5. The monoisotopic (exact) mass is 266 g/mol. The van der Waals surface area contributed by atoms with Crippen LogP contribution in [0.25, 0.3) is 0 Å². The van der Waals surface area contributed by atoms with Gasteiger partial charge in [-0.25, -0.2) is 0 Å². The molecule has 1 fully saturated rings. The van der Waals surface area contributed by atoms with Gasteiger partial charge in [0.1, 0.15) is 18.0 Å². The minimum Gasteiger partial charge on any atom is -0.469 e. The molecule has 0 spiro atoms. The van der Waals surface area contributed by atoms with Crippen LogP contribution in [0.4, 0.5) is 0 Å². The molecule has 0 N–H and O–H groups in total. The summed E-state index contributed by atoms with van der Waals surface area (Å²) in [6, 6.07) is 0. The van der Waals surface area contributed by atoms with Crippen LogP contribution in [0.15, 0.2) is 12.2 Å². The van der Waals surface area contributed by atoms with Gasteiger partial charge < -0.3 is 4.74 Å². The summed E-state index contributed by atoms with van der Waals surface area (Å²) < 4.78 is 4.47. The van der Waals surface area contributed by atoms with Crippen molar-refractivity contribution in [1.29, 1.82) is 0 Å². The molecular weight excluding hydrogens is 244 g/mol. The number of hydrogen-bond acceptors (Lipinski definition) is 4. The minimum atomic E-state index is -0.503. The SMILES string of the molecule is CC/C=C\C[C@H]1C(=O)CC[C@@H]1CC(=O)CC(=O)OC. The van der Waals surface area contributed by atoms with E-state index in [4.69, 9.17) is 0 Å². The molecule has 0 saturated heterocycles. The van der Waals surface area contributed by atoms with E-state index in [1.54, 1.807) is 0 Å². The molecule has 1 rings (SSSR count). The van der Waals surface area contributed by atoms with E-state index in [1.807, 2.05) is 19.1 Å². The fourth-order valence-corrected chi connectivity index (χ4v) is 2.55. The number of ketones is 2. The van der Waals surface area contributed by atoms with Gasteiger partial charge in [0.15, 0.2) is 0 Å². The topological polar surface area (TPSA) is 60.4 Å². The minimum absolute atomic E-state index is 0.0515. The van der Waals surface area contributed by atoms with Gasteiger partial charge in [0.25, 0.3) is 0 Å². The molecule has 0 aromatic heterocycles. The van der Waals surface area contributed by atoms with E-state index in [0.717, 1.165) is 12.8 Å². The number of hydrogen-bond donors (Lipinski definition) is 0. The van der Waals surface area contributed by atoms with Gasteiger partial charge in [0.05, 0.1) is 7.11 Å². The third-order valence-electron chi connectivity index (χ3n) is 3.60. The van der Waals surface area contributed by atoms with Crippen molar-refractivity contribution in [3.8, 4) is 0 Å². The van der Waals surface area contributed by atoms with Crippen molar-refractivity contribution < 1.29 is 19.1 Å². The summed E-state index contributed by atoms with van der Waals surface area (Å²) >= 11 is 0. The lowest BCUT2D eigenvalue weighted by molar-refractivity contribution is -0.143. The van der Waals surface area contributed by atoms with Gasteiger partial charge in [-0.2, -0.15) is 0 Å². The van der Waals surface area contributed by atoms with E-state index in [9.17, 15) is 14.4 Å². The number of carbonyl (C=O) groups is 3. The second kappa shape index (κ2) is 7.87. The van der Waals surface area contributed by atoms with Gasteiger partial charge in [-0.1, -0.05) is 19.1 Å². The first-order valence-electron chi connectivity index (χ1n) is 6.84. The van der Waals surface area contributed by atoms with Crippen molar-refractivity contribution in [2.45, 2.75) is 45.4 Å². The maximum absolute atomic E-state index is 11.8. The summed E-state index contributed by atoms with van der Waals surface area (Å²) in [6.45, 7) is 2.05. The average Bonchev–Trinajstić information content (AvgIpc) is 2.71. The number of carbonyl (C=O) groups excluding carboxylic acids is 3. The highest BCUT2D eigenvalue weighted by Gasteiger charge is 2.34. The first-order chi connectivity index (χ1) is 9.08. The van der Waals surface area contributed by atoms with Crippen molar-refractivity contribution in [2.24, 2.45) is 11.8 Å². The van der Waals surface area contributed by atoms with Crippen LogP contribution in [-0.4, -0.2) is 24.6 Å². The highest BCUT2D eigenvalue weighted by Crippen LogP contribution is 2.34. The third kappa shape index (κ3) is 4.97. The second-order valence-corrected chi connectivity index (χ2v) is 4.98. The fraction of sp³-hybridized carbons (Fsp3) is 0.667. The lowest BCUT2D eigenvalue weighted by atomic mass is 9.87. The highest BCUT2D eigenvalue weighted by molar-refractivity contribution is 5.96. The van der Waals surface area contributed by atoms with E-state index in [1.165, 1.54) is 7.11 Å². The number of esters is 1. The number of methoxy groups -OCH3 is 1. The molecule has 4 nitrogen and oxygen atoms in total. The molecule has 0 bridgehead atoms. The fourth-order valence-electron chi connectivity index (χ4n) is 2.55. The number of allylic oxidation sites excluding steroid dienone is 2. The Morgan fingerprint density at radius 1 is 1.37 bits per heavy atom. The van der Waals surface area contributed by atoms with Crippen LogP contribution in [0.1, 0.15) is 45.4 Å². The van der Waals surface area contributed by atoms with Gasteiger partial charge in [0.2, 0.25) is 0 Å². The summed E-state index contributed by atoms with van der Waals surface area (Å²) in [4.78, 5) is 34.6. The Hall–Kier alpha value is -1.45. The zero-order chi connectivity index (χ0) is 14.3. The third-order valence-corrected chi connectivity index (χ3v) is 3.60.